The first-order chi connectivity index (χ1) is 13.2. The Kier molecular flexibility index (Phi) is 4.69. The molecule has 3 aromatic carbocycles. The maximum absolute atomic E-state index is 4.12. The van der Waals surface area contributed by atoms with E-state index in [1.807, 2.05) is 6.08 Å². The summed E-state index contributed by atoms with van der Waals surface area (Å²) in [6.07, 6.45) is 6.34. The van der Waals surface area contributed by atoms with Crippen LogP contribution in [0.5, 0.6) is 0 Å². The zero-order valence-corrected chi connectivity index (χ0v) is 15.9. The van der Waals surface area contributed by atoms with Crippen LogP contribution in [0.2, 0.25) is 0 Å². The fourth-order valence-electron chi connectivity index (χ4n) is 4.03. The van der Waals surface area contributed by atoms with Gasteiger partial charge in [0.15, 0.2) is 0 Å². The third-order valence-corrected chi connectivity index (χ3v) is 5.37. The van der Waals surface area contributed by atoms with E-state index in [1.165, 1.54) is 44.2 Å². The first kappa shape index (κ1) is 17.4. The number of rotatable bonds is 4. The van der Waals surface area contributed by atoms with Gasteiger partial charge in [0, 0.05) is 0 Å². The lowest BCUT2D eigenvalue weighted by Gasteiger charge is -2.13. The third kappa shape index (κ3) is 3.10. The molecule has 0 atom stereocenters. The predicted octanol–water partition coefficient (Wildman–Crippen LogP) is 5.34. The van der Waals surface area contributed by atoms with Crippen LogP contribution in [0.15, 0.2) is 103 Å². The fourth-order valence-corrected chi connectivity index (χ4v) is 4.03. The number of fused-ring (bicyclic) bond motifs is 1. The van der Waals surface area contributed by atoms with Crippen molar-refractivity contribution < 1.29 is 0 Å². The maximum atomic E-state index is 4.12. The van der Waals surface area contributed by atoms with Crippen LogP contribution in [0.25, 0.3) is 16.7 Å². The molecule has 27 heavy (non-hydrogen) atoms. The van der Waals surface area contributed by atoms with Gasteiger partial charge in [-0.1, -0.05) is 120 Å². The van der Waals surface area contributed by atoms with Crippen LogP contribution >= 0.6 is 0 Å². The van der Waals surface area contributed by atoms with Crippen molar-refractivity contribution in [1.82, 2.24) is 0 Å². The molecule has 0 nitrogen and oxygen atoms in total. The van der Waals surface area contributed by atoms with E-state index >= 15 is 0 Å². The van der Waals surface area contributed by atoms with E-state index in [9.17, 15) is 0 Å². The van der Waals surface area contributed by atoms with E-state index in [2.05, 4.69) is 105 Å². The highest BCUT2D eigenvalue weighted by atomic mass is 14.2. The Morgan fingerprint density at radius 3 is 2.07 bits per heavy atom. The van der Waals surface area contributed by atoms with Gasteiger partial charge < -0.3 is 0 Å². The Morgan fingerprint density at radius 1 is 0.815 bits per heavy atom. The molecule has 130 valence electrons. The summed E-state index contributed by atoms with van der Waals surface area (Å²) in [5.74, 6) is 0. The molecule has 0 amide bonds. The van der Waals surface area contributed by atoms with Crippen molar-refractivity contribution in [3.05, 3.63) is 114 Å². The molecule has 0 radical (unpaired) electrons. The normalized spacial score (nSPS) is 13.3. The highest BCUT2D eigenvalue weighted by molar-refractivity contribution is 6.94. The minimum atomic E-state index is 0.247. The Balaban J connectivity index is 1.78. The molecule has 0 saturated carbocycles. The van der Waals surface area contributed by atoms with Crippen molar-refractivity contribution in [2.24, 2.45) is 0 Å². The molecule has 1 heteroatoms. The molecular formula is C26H23B. The Hall–Kier alpha value is -3.06. The topological polar surface area (TPSA) is 0 Å². The number of allylic oxidation sites excluding steroid dienone is 5. The lowest BCUT2D eigenvalue weighted by atomic mass is 9.38. The lowest BCUT2D eigenvalue weighted by molar-refractivity contribution is 1.47. The lowest BCUT2D eigenvalue weighted by Crippen LogP contribution is -2.41. The minimum Gasteiger partial charge on any atom is -0.0995 e. The summed E-state index contributed by atoms with van der Waals surface area (Å²) >= 11 is 0. The molecule has 1 aliphatic heterocycles. The van der Waals surface area contributed by atoms with Crippen molar-refractivity contribution in [1.29, 1.82) is 0 Å². The van der Waals surface area contributed by atoms with Crippen LogP contribution in [0.4, 0.5) is 0 Å². The monoisotopic (exact) mass is 346 g/mol. The molecule has 0 bridgehead atoms. The average molecular weight is 346 g/mol. The number of benzene rings is 3. The number of hydrogen-bond acceptors (Lipinski definition) is 0. The molecule has 0 N–H and O–H groups in total. The van der Waals surface area contributed by atoms with E-state index in [-0.39, 0.29) is 6.71 Å². The van der Waals surface area contributed by atoms with Crippen LogP contribution in [0.1, 0.15) is 18.1 Å². The molecule has 0 spiro atoms. The molecule has 0 aliphatic carbocycles. The van der Waals surface area contributed by atoms with Crippen LogP contribution in [-0.4, -0.2) is 6.71 Å². The van der Waals surface area contributed by atoms with Crippen LogP contribution in [0, 0.1) is 6.92 Å². The van der Waals surface area contributed by atoms with Crippen molar-refractivity contribution >= 4 is 23.2 Å². The standard InChI is InChI=1S/C26H23B/c1-4-8-23-24-9-6-7-10-26(24)27(25(23)5-2)22-17-15-21(16-18-22)20-13-11-19(3)12-14-20/h4-18H,2H2,1,3H3/b8-4-. The summed E-state index contributed by atoms with van der Waals surface area (Å²) in [4.78, 5) is 0. The summed E-state index contributed by atoms with van der Waals surface area (Å²) < 4.78 is 0. The molecule has 4 rings (SSSR count). The van der Waals surface area contributed by atoms with E-state index in [0.29, 0.717) is 0 Å². The zero-order chi connectivity index (χ0) is 18.8. The van der Waals surface area contributed by atoms with Crippen molar-refractivity contribution in [2.45, 2.75) is 13.8 Å². The quantitative estimate of drug-likeness (QED) is 0.560. The van der Waals surface area contributed by atoms with E-state index in [4.69, 9.17) is 0 Å². The van der Waals surface area contributed by atoms with Gasteiger partial charge in [-0.2, -0.15) is 0 Å². The van der Waals surface area contributed by atoms with E-state index in [0.717, 1.165) is 0 Å². The Bertz CT molecular complexity index is 1030. The third-order valence-electron chi connectivity index (χ3n) is 5.37. The molecule has 1 heterocycles. The van der Waals surface area contributed by atoms with Crippen molar-refractivity contribution in [3.8, 4) is 11.1 Å². The molecule has 1 aliphatic rings. The molecular weight excluding hydrogens is 323 g/mol. The molecule has 0 aromatic heterocycles. The highest BCUT2D eigenvalue weighted by Crippen LogP contribution is 2.29. The Labute approximate surface area is 162 Å². The molecule has 0 unspecified atom stereocenters. The van der Waals surface area contributed by atoms with Gasteiger partial charge in [-0.3, -0.25) is 0 Å². The summed E-state index contributed by atoms with van der Waals surface area (Å²) in [5, 5.41) is 0. The number of aryl methyl sites for hydroxylation is 1. The summed E-state index contributed by atoms with van der Waals surface area (Å²) in [6.45, 7) is 8.55. The second-order valence-corrected chi connectivity index (χ2v) is 7.08. The van der Waals surface area contributed by atoms with Gasteiger partial charge >= 0.3 is 0 Å². The zero-order valence-electron chi connectivity index (χ0n) is 15.9. The minimum absolute atomic E-state index is 0.247. The molecule has 0 saturated heterocycles. The van der Waals surface area contributed by atoms with Crippen LogP contribution in [0.3, 0.4) is 0 Å². The first-order valence-electron chi connectivity index (χ1n) is 9.48. The van der Waals surface area contributed by atoms with E-state index < -0.39 is 0 Å². The second-order valence-electron chi connectivity index (χ2n) is 7.08. The average Bonchev–Trinajstić information content (AvgIpc) is 3.03. The van der Waals surface area contributed by atoms with Crippen LogP contribution in [-0.2, 0) is 0 Å². The van der Waals surface area contributed by atoms with Gasteiger partial charge in [-0.05, 0) is 36.1 Å². The smallest absolute Gasteiger partial charge is 0.0995 e. The SMILES string of the molecule is C=CC1=C(/C=C\C)c2ccccc2B1c1ccc(-c2ccc(C)cc2)cc1. The predicted molar refractivity (Wildman–Crippen MR) is 120 cm³/mol. The summed E-state index contributed by atoms with van der Waals surface area (Å²) in [5.41, 5.74) is 10.4. The Morgan fingerprint density at radius 2 is 1.44 bits per heavy atom. The maximum Gasteiger partial charge on any atom is 0.242 e. The number of hydrogen-bond donors (Lipinski definition) is 0. The van der Waals surface area contributed by atoms with Gasteiger partial charge in [0.05, 0.1) is 0 Å². The van der Waals surface area contributed by atoms with Gasteiger partial charge in [0.25, 0.3) is 0 Å². The molecule has 0 fully saturated rings. The van der Waals surface area contributed by atoms with Gasteiger partial charge in [0.2, 0.25) is 6.71 Å². The highest BCUT2D eigenvalue weighted by Gasteiger charge is 2.32. The van der Waals surface area contributed by atoms with Crippen LogP contribution < -0.4 is 10.9 Å². The van der Waals surface area contributed by atoms with Gasteiger partial charge in [-0.25, -0.2) is 0 Å². The summed E-state index contributed by atoms with van der Waals surface area (Å²) in [6, 6.07) is 26.4. The summed E-state index contributed by atoms with van der Waals surface area (Å²) in [7, 11) is 0. The second kappa shape index (κ2) is 7.29. The van der Waals surface area contributed by atoms with Crippen molar-refractivity contribution in [3.63, 3.8) is 0 Å². The molecule has 3 aromatic rings. The largest absolute Gasteiger partial charge is 0.242 e. The van der Waals surface area contributed by atoms with Gasteiger partial charge in [-0.15, -0.1) is 0 Å². The van der Waals surface area contributed by atoms with Gasteiger partial charge in [0.1, 0.15) is 0 Å². The fraction of sp³-hybridized carbons (Fsp3) is 0.0769. The van der Waals surface area contributed by atoms with Crippen molar-refractivity contribution in [2.75, 3.05) is 0 Å². The first-order valence-corrected chi connectivity index (χ1v) is 9.48. The van der Waals surface area contributed by atoms with E-state index in [1.54, 1.807) is 0 Å².